The lowest BCUT2D eigenvalue weighted by molar-refractivity contribution is 0.0289. The summed E-state index contributed by atoms with van der Waals surface area (Å²) in [6.45, 7) is 4.91. The van der Waals surface area contributed by atoms with Crippen molar-refractivity contribution in [2.24, 2.45) is 22.7 Å². The molecule has 2 aromatic rings. The van der Waals surface area contributed by atoms with E-state index in [2.05, 4.69) is 53.4 Å². The second-order valence-electron chi connectivity index (χ2n) is 11.0. The molecule has 0 aromatic carbocycles. The standard InChI is InChI=1S/C30H33N3O2/c1-29-13-11-23(35-28(34)33-22-6-4-16-32-19-22)17-21(29)7-8-24-26-10-9-25(20-5-3-15-31-18-20)30(26,2)14-12-27(24)29/h3-7,9-10,15-16,18-19,23-24,27H,8,11-14,17H2,1-2H3,(H,33,34)/t23-,24-,27?,29-,30+/m0/s1. The number of pyridine rings is 2. The summed E-state index contributed by atoms with van der Waals surface area (Å²) in [7, 11) is 0. The van der Waals surface area contributed by atoms with Crippen molar-refractivity contribution in [2.45, 2.75) is 58.5 Å². The van der Waals surface area contributed by atoms with Crippen LogP contribution in [0.1, 0.15) is 57.9 Å². The molecule has 1 amide bonds. The van der Waals surface area contributed by atoms with E-state index in [9.17, 15) is 4.79 Å². The monoisotopic (exact) mass is 467 g/mol. The van der Waals surface area contributed by atoms with Crippen molar-refractivity contribution in [3.05, 3.63) is 84.0 Å². The van der Waals surface area contributed by atoms with Crippen molar-refractivity contribution in [1.82, 2.24) is 9.97 Å². The van der Waals surface area contributed by atoms with Crippen LogP contribution >= 0.6 is 0 Å². The number of ether oxygens (including phenoxy) is 1. The summed E-state index contributed by atoms with van der Waals surface area (Å²) in [5, 5.41) is 2.80. The normalized spacial score (nSPS) is 33.3. The van der Waals surface area contributed by atoms with Crippen molar-refractivity contribution in [3.8, 4) is 0 Å². The zero-order valence-corrected chi connectivity index (χ0v) is 20.5. The van der Waals surface area contributed by atoms with Gasteiger partial charge in [0.25, 0.3) is 0 Å². The molecule has 0 aliphatic heterocycles. The van der Waals surface area contributed by atoms with E-state index in [1.165, 1.54) is 29.6 Å². The molecule has 35 heavy (non-hydrogen) atoms. The molecular formula is C30H33N3O2. The fourth-order valence-electron chi connectivity index (χ4n) is 7.41. The van der Waals surface area contributed by atoms with Gasteiger partial charge in [-0.2, -0.15) is 0 Å². The average Bonchev–Trinajstić information content (AvgIpc) is 3.22. The molecule has 0 saturated heterocycles. The molecule has 1 N–H and O–H groups in total. The van der Waals surface area contributed by atoms with Gasteiger partial charge in [-0.15, -0.1) is 0 Å². The lowest BCUT2D eigenvalue weighted by Crippen LogP contribution is -2.47. The Labute approximate surface area is 207 Å². The van der Waals surface area contributed by atoms with E-state index in [-0.39, 0.29) is 23.0 Å². The van der Waals surface area contributed by atoms with Crippen LogP contribution in [-0.2, 0) is 4.74 Å². The molecule has 5 heteroatoms. The van der Waals surface area contributed by atoms with Gasteiger partial charge in [0.15, 0.2) is 0 Å². The molecule has 5 nitrogen and oxygen atoms in total. The van der Waals surface area contributed by atoms with Crippen molar-refractivity contribution < 1.29 is 9.53 Å². The first-order valence-corrected chi connectivity index (χ1v) is 12.9. The third-order valence-corrected chi connectivity index (χ3v) is 9.26. The third kappa shape index (κ3) is 3.72. The van der Waals surface area contributed by atoms with Crippen LogP contribution in [0.25, 0.3) is 5.57 Å². The zero-order valence-electron chi connectivity index (χ0n) is 20.5. The van der Waals surface area contributed by atoms with Gasteiger partial charge < -0.3 is 4.74 Å². The summed E-state index contributed by atoms with van der Waals surface area (Å²) in [5.41, 5.74) is 6.73. The lowest BCUT2D eigenvalue weighted by Gasteiger charge is -2.56. The Balaban J connectivity index is 1.17. The predicted octanol–water partition coefficient (Wildman–Crippen LogP) is 6.97. The van der Waals surface area contributed by atoms with Crippen LogP contribution in [0.2, 0.25) is 0 Å². The van der Waals surface area contributed by atoms with Gasteiger partial charge in [-0.25, -0.2) is 4.79 Å². The second-order valence-corrected chi connectivity index (χ2v) is 11.0. The fourth-order valence-corrected chi connectivity index (χ4v) is 7.41. The molecule has 2 aromatic heterocycles. The van der Waals surface area contributed by atoms with E-state index in [0.29, 0.717) is 17.5 Å². The van der Waals surface area contributed by atoms with Crippen LogP contribution < -0.4 is 5.32 Å². The molecule has 2 fully saturated rings. The SMILES string of the molecule is C[C@]12CCC3[C@@H](CC=C4C[C@@H](OC(=O)Nc5cccnc5)CC[C@@]43C)C1=CC=C2c1cccnc1. The molecule has 4 aliphatic rings. The number of rotatable bonds is 3. The number of hydrogen-bond acceptors (Lipinski definition) is 4. The van der Waals surface area contributed by atoms with Crippen LogP contribution in [0.15, 0.2) is 78.4 Å². The Hall–Kier alpha value is -3.21. The van der Waals surface area contributed by atoms with E-state index in [1.54, 1.807) is 24.0 Å². The minimum absolute atomic E-state index is 0.0686. The largest absolute Gasteiger partial charge is 0.446 e. The van der Waals surface area contributed by atoms with Gasteiger partial charge in [-0.3, -0.25) is 15.3 Å². The number of nitrogens with zero attached hydrogens (tertiary/aromatic N) is 2. The third-order valence-electron chi connectivity index (χ3n) is 9.26. The number of anilines is 1. The smallest absolute Gasteiger partial charge is 0.411 e. The number of nitrogens with one attached hydrogen (secondary N) is 1. The molecule has 5 atom stereocenters. The summed E-state index contributed by atoms with van der Waals surface area (Å²) in [5.74, 6) is 1.23. The van der Waals surface area contributed by atoms with Crippen LogP contribution in [-0.4, -0.2) is 22.2 Å². The van der Waals surface area contributed by atoms with E-state index < -0.39 is 0 Å². The van der Waals surface area contributed by atoms with Gasteiger partial charge in [0.1, 0.15) is 6.10 Å². The van der Waals surface area contributed by atoms with Crippen LogP contribution in [0.5, 0.6) is 0 Å². The lowest BCUT2D eigenvalue weighted by atomic mass is 9.49. The van der Waals surface area contributed by atoms with Gasteiger partial charge in [0, 0.05) is 30.4 Å². The number of carbonyl (C=O) groups is 1. The Morgan fingerprint density at radius 2 is 1.89 bits per heavy atom. The number of amides is 1. The van der Waals surface area contributed by atoms with Crippen molar-refractivity contribution >= 4 is 17.4 Å². The molecule has 180 valence electrons. The number of allylic oxidation sites excluding steroid dienone is 5. The summed E-state index contributed by atoms with van der Waals surface area (Å²) < 4.78 is 5.83. The number of fused-ring (bicyclic) bond motifs is 5. The van der Waals surface area contributed by atoms with E-state index in [1.807, 2.05) is 24.5 Å². The molecule has 0 bridgehead atoms. The summed E-state index contributed by atoms with van der Waals surface area (Å²) in [6.07, 6.45) is 20.3. The van der Waals surface area contributed by atoms with Crippen molar-refractivity contribution in [1.29, 1.82) is 0 Å². The van der Waals surface area contributed by atoms with E-state index in [4.69, 9.17) is 4.74 Å². The highest BCUT2D eigenvalue weighted by Crippen LogP contribution is 2.64. The van der Waals surface area contributed by atoms with E-state index >= 15 is 0 Å². The van der Waals surface area contributed by atoms with Crippen molar-refractivity contribution in [2.75, 3.05) is 5.32 Å². The maximum absolute atomic E-state index is 12.5. The average molecular weight is 468 g/mol. The van der Waals surface area contributed by atoms with Crippen LogP contribution in [0.3, 0.4) is 0 Å². The molecule has 2 saturated carbocycles. The maximum Gasteiger partial charge on any atom is 0.411 e. The number of aromatic nitrogens is 2. The molecule has 0 spiro atoms. The number of hydrogen-bond donors (Lipinski definition) is 1. The van der Waals surface area contributed by atoms with E-state index in [0.717, 1.165) is 25.7 Å². The molecule has 4 aliphatic carbocycles. The molecule has 2 heterocycles. The molecule has 6 rings (SSSR count). The quantitative estimate of drug-likeness (QED) is 0.495. The van der Waals surface area contributed by atoms with Gasteiger partial charge in [0.2, 0.25) is 0 Å². The first kappa shape index (κ1) is 22.3. The Morgan fingerprint density at radius 3 is 2.66 bits per heavy atom. The number of carbonyl (C=O) groups excluding carboxylic acids is 1. The van der Waals surface area contributed by atoms with Gasteiger partial charge in [-0.1, -0.05) is 49.3 Å². The van der Waals surface area contributed by atoms with Gasteiger partial charge in [0.05, 0.1) is 11.9 Å². The summed E-state index contributed by atoms with van der Waals surface area (Å²) in [4.78, 5) is 20.9. The fraction of sp³-hybridized carbons (Fsp3) is 0.433. The Kier molecular flexibility index (Phi) is 5.39. The minimum atomic E-state index is -0.389. The second kappa shape index (κ2) is 8.47. The Bertz CT molecular complexity index is 1220. The first-order chi connectivity index (χ1) is 17.0. The highest BCUT2D eigenvalue weighted by atomic mass is 16.6. The molecule has 1 unspecified atom stereocenters. The van der Waals surface area contributed by atoms with Crippen LogP contribution in [0, 0.1) is 22.7 Å². The predicted molar refractivity (Wildman–Crippen MR) is 137 cm³/mol. The summed E-state index contributed by atoms with van der Waals surface area (Å²) >= 11 is 0. The maximum atomic E-state index is 12.5. The summed E-state index contributed by atoms with van der Waals surface area (Å²) in [6, 6.07) is 7.85. The molecular weight excluding hydrogens is 434 g/mol. The zero-order chi connectivity index (χ0) is 24.0. The van der Waals surface area contributed by atoms with Gasteiger partial charge >= 0.3 is 6.09 Å². The highest BCUT2D eigenvalue weighted by molar-refractivity contribution is 5.84. The van der Waals surface area contributed by atoms with Crippen LogP contribution in [0.4, 0.5) is 10.5 Å². The topological polar surface area (TPSA) is 64.1 Å². The first-order valence-electron chi connectivity index (χ1n) is 12.9. The van der Waals surface area contributed by atoms with Gasteiger partial charge in [-0.05, 0) is 78.7 Å². The minimum Gasteiger partial charge on any atom is -0.446 e. The highest BCUT2D eigenvalue weighted by Gasteiger charge is 2.54. The molecule has 0 radical (unpaired) electrons. The Morgan fingerprint density at radius 1 is 1.06 bits per heavy atom. The van der Waals surface area contributed by atoms with Crippen molar-refractivity contribution in [3.63, 3.8) is 0 Å².